The quantitative estimate of drug-likeness (QED) is 0.0445. The van der Waals surface area contributed by atoms with Gasteiger partial charge in [-0.25, -0.2) is 23.6 Å². The maximum atomic E-state index is 15.2. The van der Waals surface area contributed by atoms with Crippen molar-refractivity contribution in [2.24, 2.45) is 0 Å². The Morgan fingerprint density at radius 3 is 1.53 bits per heavy atom. The lowest BCUT2D eigenvalue weighted by Gasteiger charge is -2.10. The van der Waals surface area contributed by atoms with Crippen molar-refractivity contribution in [1.29, 1.82) is 5.26 Å². The third-order valence-electron chi connectivity index (χ3n) is 10.1. The molecule has 0 spiro atoms. The fourth-order valence-electron chi connectivity index (χ4n) is 6.63. The monoisotopic (exact) mass is 831 g/mol. The number of carbonyl (C=O) groups excluding carboxylic acids is 4. The lowest BCUT2D eigenvalue weighted by Crippen LogP contribution is -2.13. The van der Waals surface area contributed by atoms with Crippen LogP contribution in [-0.2, 0) is 6.42 Å². The highest BCUT2D eigenvalue weighted by molar-refractivity contribution is 5.95. The largest absolute Gasteiger partial charge is 0.423 e. The first-order chi connectivity index (χ1) is 30.2. The third-order valence-corrected chi connectivity index (χ3v) is 10.1. The van der Waals surface area contributed by atoms with Crippen LogP contribution < -0.4 is 18.9 Å². The normalized spacial score (nSPS) is 10.7. The molecule has 0 fully saturated rings. The van der Waals surface area contributed by atoms with Crippen LogP contribution in [0.5, 0.6) is 23.0 Å². The van der Waals surface area contributed by atoms with Gasteiger partial charge in [-0.1, -0.05) is 101 Å². The number of hydrogen-bond acceptors (Lipinski definition) is 9. The number of nitrogens with zero attached hydrogens (tertiary/aromatic N) is 1. The van der Waals surface area contributed by atoms with E-state index in [-0.39, 0.29) is 39.7 Å². The number of esters is 4. The maximum Gasteiger partial charge on any atom is 0.346 e. The minimum absolute atomic E-state index is 0.0351. The molecule has 6 rings (SSSR count). The molecule has 6 aromatic rings. The second-order valence-electron chi connectivity index (χ2n) is 14.7. The lowest BCUT2D eigenvalue weighted by atomic mass is 10.00. The zero-order valence-electron chi connectivity index (χ0n) is 34.4. The van der Waals surface area contributed by atoms with Gasteiger partial charge in [0.25, 0.3) is 0 Å². The molecule has 0 aromatic heterocycles. The van der Waals surface area contributed by atoms with Gasteiger partial charge in [0, 0.05) is 6.07 Å². The van der Waals surface area contributed by atoms with Crippen molar-refractivity contribution in [3.05, 3.63) is 179 Å². The summed E-state index contributed by atoms with van der Waals surface area (Å²) in [5.74, 6) is -3.89. The molecule has 0 atom stereocenters. The highest BCUT2D eigenvalue weighted by Gasteiger charge is 2.19. The Morgan fingerprint density at radius 1 is 0.484 bits per heavy atom. The van der Waals surface area contributed by atoms with Crippen LogP contribution in [0.3, 0.4) is 0 Å². The summed E-state index contributed by atoms with van der Waals surface area (Å²) < 4.78 is 36.6. The molecule has 0 bridgehead atoms. The lowest BCUT2D eigenvalue weighted by molar-refractivity contribution is 0.0709. The molecule has 0 heterocycles. The van der Waals surface area contributed by atoms with Gasteiger partial charge >= 0.3 is 23.9 Å². The minimum Gasteiger partial charge on any atom is -0.423 e. The molecule has 10 heteroatoms. The van der Waals surface area contributed by atoms with E-state index in [2.05, 4.69) is 31.2 Å². The smallest absolute Gasteiger partial charge is 0.346 e. The van der Waals surface area contributed by atoms with Crippen molar-refractivity contribution >= 4 is 23.9 Å². The van der Waals surface area contributed by atoms with E-state index in [4.69, 9.17) is 24.2 Å². The molecule has 314 valence electrons. The van der Waals surface area contributed by atoms with Gasteiger partial charge in [-0.3, -0.25) is 0 Å². The molecule has 0 N–H and O–H groups in total. The van der Waals surface area contributed by atoms with E-state index < -0.39 is 35.3 Å². The highest BCUT2D eigenvalue weighted by atomic mass is 19.1. The van der Waals surface area contributed by atoms with Gasteiger partial charge in [0.1, 0.15) is 28.8 Å². The average molecular weight is 832 g/mol. The number of hydrogen-bond donors (Lipinski definition) is 0. The highest BCUT2D eigenvalue weighted by Crippen LogP contribution is 2.25. The minimum atomic E-state index is -1.04. The van der Waals surface area contributed by atoms with Crippen LogP contribution in [0.4, 0.5) is 4.39 Å². The second kappa shape index (κ2) is 22.3. The molecule has 0 amide bonds. The van der Waals surface area contributed by atoms with Crippen molar-refractivity contribution in [1.82, 2.24) is 0 Å². The molecule has 0 aliphatic carbocycles. The SMILES string of the molecule is CCCCCCCCCCCc1ccc(-c2ccc(C(=O)Oc3ccc(C(=O)Oc4cccc(C(=O)Oc5ccc(C(=O)Oc6ccc(C#N)cc6)cc5)c4)c(F)c3)cc2)cc1. The van der Waals surface area contributed by atoms with Crippen LogP contribution >= 0.6 is 0 Å². The van der Waals surface area contributed by atoms with Crippen molar-refractivity contribution in [2.75, 3.05) is 0 Å². The van der Waals surface area contributed by atoms with Crippen molar-refractivity contribution in [3.63, 3.8) is 0 Å². The van der Waals surface area contributed by atoms with Gasteiger partial charge < -0.3 is 18.9 Å². The molecule has 0 radical (unpaired) electrons. The van der Waals surface area contributed by atoms with E-state index >= 15 is 4.39 Å². The number of aryl methyl sites for hydroxylation is 1. The first kappa shape index (κ1) is 44.2. The molecule has 62 heavy (non-hydrogen) atoms. The Balaban J connectivity index is 0.958. The van der Waals surface area contributed by atoms with Crippen LogP contribution in [0.25, 0.3) is 11.1 Å². The number of benzene rings is 6. The van der Waals surface area contributed by atoms with Crippen LogP contribution in [0.1, 0.15) is 117 Å². The van der Waals surface area contributed by atoms with Crippen LogP contribution in [0.2, 0.25) is 0 Å². The van der Waals surface area contributed by atoms with E-state index in [1.54, 1.807) is 12.1 Å². The van der Waals surface area contributed by atoms with Crippen LogP contribution in [0, 0.1) is 17.1 Å². The summed E-state index contributed by atoms with van der Waals surface area (Å²) in [7, 11) is 0. The van der Waals surface area contributed by atoms with Gasteiger partial charge in [0.05, 0.1) is 33.9 Å². The fraction of sp³-hybridized carbons (Fsp3) is 0.212. The number of ether oxygens (including phenoxy) is 4. The number of carbonyl (C=O) groups is 4. The van der Waals surface area contributed by atoms with Crippen LogP contribution in [-0.4, -0.2) is 23.9 Å². The summed E-state index contributed by atoms with van der Waals surface area (Å²) >= 11 is 0. The number of unbranched alkanes of at least 4 members (excludes halogenated alkanes) is 8. The van der Waals surface area contributed by atoms with E-state index in [0.29, 0.717) is 5.56 Å². The Morgan fingerprint density at radius 2 is 0.952 bits per heavy atom. The van der Waals surface area contributed by atoms with E-state index in [0.717, 1.165) is 29.7 Å². The Hall–Kier alpha value is -7.38. The summed E-state index contributed by atoms with van der Waals surface area (Å²) in [4.78, 5) is 51.3. The molecule has 0 unspecified atom stereocenters. The zero-order chi connectivity index (χ0) is 43.7. The first-order valence-corrected chi connectivity index (χ1v) is 20.8. The van der Waals surface area contributed by atoms with Gasteiger partial charge in [0.15, 0.2) is 0 Å². The number of rotatable bonds is 19. The zero-order valence-corrected chi connectivity index (χ0v) is 34.4. The van der Waals surface area contributed by atoms with Crippen molar-refractivity contribution in [3.8, 4) is 40.2 Å². The molecule has 6 aromatic carbocycles. The summed E-state index contributed by atoms with van der Waals surface area (Å²) in [6.45, 7) is 2.24. The topological polar surface area (TPSA) is 129 Å². The van der Waals surface area contributed by atoms with Crippen LogP contribution in [0.15, 0.2) is 140 Å². The molecule has 9 nitrogen and oxygen atoms in total. The predicted molar refractivity (Wildman–Crippen MR) is 233 cm³/mol. The van der Waals surface area contributed by atoms with Crippen molar-refractivity contribution in [2.45, 2.75) is 71.1 Å². The molecular weight excluding hydrogens is 786 g/mol. The van der Waals surface area contributed by atoms with E-state index in [1.807, 2.05) is 18.2 Å². The predicted octanol–water partition coefficient (Wildman–Crippen LogP) is 12.3. The van der Waals surface area contributed by atoms with Gasteiger partial charge in [-0.05, 0) is 121 Å². The maximum absolute atomic E-state index is 15.2. The summed E-state index contributed by atoms with van der Waals surface area (Å²) in [6.07, 6.45) is 12.8. The van der Waals surface area contributed by atoms with Gasteiger partial charge in [0.2, 0.25) is 0 Å². The standard InChI is InChI=1S/C52H46FNO8/c1-2-3-4-5-6-7-8-9-10-12-36-15-19-38(20-16-36)39-21-23-40(24-22-39)50(56)61-46-31-32-47(48(53)34-46)52(58)62-45-14-11-13-42(33-45)51(57)60-44-29-25-41(26-30-44)49(55)59-43-27-17-37(35-54)18-28-43/h11,13-34H,2-10,12H2,1H3. The summed E-state index contributed by atoms with van der Waals surface area (Å²) in [5, 5.41) is 8.93. The Kier molecular flexibility index (Phi) is 15.9. The molecular formula is C52H46FNO8. The summed E-state index contributed by atoms with van der Waals surface area (Å²) in [6, 6.07) is 38.1. The Labute approximate surface area is 360 Å². The summed E-state index contributed by atoms with van der Waals surface area (Å²) in [5.41, 5.74) is 3.80. The second-order valence-corrected chi connectivity index (χ2v) is 14.7. The average Bonchev–Trinajstić information content (AvgIpc) is 3.29. The third kappa shape index (κ3) is 12.8. The molecule has 0 saturated heterocycles. The first-order valence-electron chi connectivity index (χ1n) is 20.8. The molecule has 0 saturated carbocycles. The van der Waals surface area contributed by atoms with Gasteiger partial charge in [-0.15, -0.1) is 0 Å². The van der Waals surface area contributed by atoms with E-state index in [9.17, 15) is 19.2 Å². The van der Waals surface area contributed by atoms with E-state index in [1.165, 1.54) is 142 Å². The Bertz CT molecular complexity index is 2510. The number of nitriles is 1. The number of halogens is 1. The fourth-order valence-corrected chi connectivity index (χ4v) is 6.63. The van der Waals surface area contributed by atoms with Gasteiger partial charge in [-0.2, -0.15) is 5.26 Å². The van der Waals surface area contributed by atoms with Crippen molar-refractivity contribution < 1.29 is 42.5 Å². The molecule has 0 aliphatic rings. The molecule has 0 aliphatic heterocycles.